The number of nitrogens with zero attached hydrogens (tertiary/aromatic N) is 2. The zero-order valence-corrected chi connectivity index (χ0v) is 9.84. The fourth-order valence-corrected chi connectivity index (χ4v) is 2.17. The lowest BCUT2D eigenvalue weighted by atomic mass is 10.1. The lowest BCUT2D eigenvalue weighted by Gasteiger charge is -2.10. The van der Waals surface area contributed by atoms with Crippen molar-refractivity contribution in [2.75, 3.05) is 5.01 Å². The Bertz CT molecular complexity index is 747. The number of H-pyrrole nitrogens is 1. The van der Waals surface area contributed by atoms with Crippen molar-refractivity contribution in [3.63, 3.8) is 0 Å². The van der Waals surface area contributed by atoms with Crippen molar-refractivity contribution in [1.29, 1.82) is 0 Å². The molecule has 0 radical (unpaired) electrons. The summed E-state index contributed by atoms with van der Waals surface area (Å²) in [4.78, 5) is 18.3. The van der Waals surface area contributed by atoms with Crippen LogP contribution in [-0.4, -0.2) is 16.4 Å². The fraction of sp³-hybridized carbons (Fsp3) is 0.0769. The Hall–Kier alpha value is -2.40. The molecule has 5 nitrogen and oxygen atoms in total. The van der Waals surface area contributed by atoms with Crippen molar-refractivity contribution in [3.8, 4) is 0 Å². The van der Waals surface area contributed by atoms with E-state index in [1.54, 1.807) is 0 Å². The molecule has 5 heteroatoms. The first kappa shape index (κ1) is 10.7. The number of amides is 1. The van der Waals surface area contributed by atoms with Crippen LogP contribution >= 0.6 is 0 Å². The number of nitrogens with two attached hydrogens (primary N) is 1. The van der Waals surface area contributed by atoms with Crippen LogP contribution in [0.15, 0.2) is 30.3 Å². The molecule has 3 aromatic rings. The molecule has 1 aromatic carbocycles. The van der Waals surface area contributed by atoms with Crippen LogP contribution in [0.1, 0.15) is 5.69 Å². The number of aromatic nitrogens is 2. The molecule has 0 aliphatic heterocycles. The first-order chi connectivity index (χ1) is 8.70. The van der Waals surface area contributed by atoms with Gasteiger partial charge in [-0.05, 0) is 19.1 Å². The summed E-state index contributed by atoms with van der Waals surface area (Å²) < 4.78 is 0. The number of carbonyl (C=O) groups is 1. The number of hydrazine groups is 1. The molecule has 0 saturated heterocycles. The van der Waals surface area contributed by atoms with Crippen LogP contribution in [0.5, 0.6) is 0 Å². The number of benzene rings is 1. The number of fused-ring (bicyclic) bond motifs is 3. The molecule has 0 aliphatic rings. The van der Waals surface area contributed by atoms with E-state index in [1.165, 1.54) is 0 Å². The van der Waals surface area contributed by atoms with Gasteiger partial charge in [0.05, 0.1) is 11.2 Å². The number of hydrogen-bond donors (Lipinski definition) is 2. The molecule has 0 aliphatic carbocycles. The zero-order chi connectivity index (χ0) is 12.7. The maximum atomic E-state index is 10.7. The Kier molecular flexibility index (Phi) is 2.28. The Labute approximate surface area is 103 Å². The second-order valence-electron chi connectivity index (χ2n) is 4.17. The van der Waals surface area contributed by atoms with Crippen LogP contribution in [0, 0.1) is 6.92 Å². The summed E-state index contributed by atoms with van der Waals surface area (Å²) in [5, 5.41) is 3.10. The van der Waals surface area contributed by atoms with Crippen LogP contribution in [0.25, 0.3) is 21.8 Å². The van der Waals surface area contributed by atoms with Gasteiger partial charge in [0.15, 0.2) is 5.82 Å². The summed E-state index contributed by atoms with van der Waals surface area (Å²) in [5.41, 5.74) is 2.83. The highest BCUT2D eigenvalue weighted by molar-refractivity contribution is 6.08. The van der Waals surface area contributed by atoms with Gasteiger partial charge in [-0.25, -0.2) is 15.8 Å². The number of aromatic amines is 1. The molecular formula is C13H12N4O. The van der Waals surface area contributed by atoms with Gasteiger partial charge in [-0.15, -0.1) is 0 Å². The van der Waals surface area contributed by atoms with Gasteiger partial charge >= 0.3 is 0 Å². The summed E-state index contributed by atoms with van der Waals surface area (Å²) in [6.45, 7) is 1.89. The molecule has 3 rings (SSSR count). The van der Waals surface area contributed by atoms with Crippen molar-refractivity contribution in [2.24, 2.45) is 5.84 Å². The minimum Gasteiger partial charge on any atom is -0.353 e. The van der Waals surface area contributed by atoms with Gasteiger partial charge in [-0.1, -0.05) is 18.2 Å². The van der Waals surface area contributed by atoms with Gasteiger partial charge in [0.1, 0.15) is 0 Å². The van der Waals surface area contributed by atoms with E-state index < -0.39 is 0 Å². The quantitative estimate of drug-likeness (QED) is 0.311. The summed E-state index contributed by atoms with van der Waals surface area (Å²) in [7, 11) is 0. The van der Waals surface area contributed by atoms with Crippen LogP contribution in [0.4, 0.5) is 5.82 Å². The van der Waals surface area contributed by atoms with Crippen molar-refractivity contribution < 1.29 is 4.79 Å². The molecule has 2 aromatic heterocycles. The molecule has 0 saturated carbocycles. The Morgan fingerprint density at radius 1 is 1.33 bits per heavy atom. The third-order valence-corrected chi connectivity index (χ3v) is 3.04. The molecule has 18 heavy (non-hydrogen) atoms. The smallest absolute Gasteiger partial charge is 0.229 e. The van der Waals surface area contributed by atoms with Crippen molar-refractivity contribution in [3.05, 3.63) is 36.0 Å². The van der Waals surface area contributed by atoms with Gasteiger partial charge in [0.2, 0.25) is 6.41 Å². The minimum absolute atomic E-state index is 0.444. The van der Waals surface area contributed by atoms with Crippen molar-refractivity contribution in [1.82, 2.24) is 9.97 Å². The topological polar surface area (TPSA) is 75.0 Å². The third-order valence-electron chi connectivity index (χ3n) is 3.04. The van der Waals surface area contributed by atoms with E-state index in [1.807, 2.05) is 37.3 Å². The summed E-state index contributed by atoms with van der Waals surface area (Å²) in [5.74, 6) is 6.00. The fourth-order valence-electron chi connectivity index (χ4n) is 2.17. The van der Waals surface area contributed by atoms with E-state index in [0.717, 1.165) is 32.5 Å². The Morgan fingerprint density at radius 3 is 2.89 bits per heavy atom. The standard InChI is InChI=1S/C13H12N4O/c1-8-13-10(6-12(15-8)17(14)7-18)9-4-2-3-5-11(9)16-13/h2-7,16H,14H2,1H3. The largest absolute Gasteiger partial charge is 0.353 e. The molecule has 1 amide bonds. The molecule has 0 bridgehead atoms. The summed E-state index contributed by atoms with van der Waals surface area (Å²) in [6, 6.07) is 9.80. The van der Waals surface area contributed by atoms with Crippen molar-refractivity contribution >= 4 is 34.0 Å². The average Bonchev–Trinajstić information content (AvgIpc) is 2.77. The molecule has 0 fully saturated rings. The van der Waals surface area contributed by atoms with E-state index in [0.29, 0.717) is 12.2 Å². The number of hydrogen-bond acceptors (Lipinski definition) is 3. The first-order valence-electron chi connectivity index (χ1n) is 5.58. The lowest BCUT2D eigenvalue weighted by Crippen LogP contribution is -2.29. The predicted octanol–water partition coefficient (Wildman–Crippen LogP) is 1.86. The number of aryl methyl sites for hydroxylation is 1. The van der Waals surface area contributed by atoms with E-state index in [9.17, 15) is 4.79 Å². The molecule has 2 heterocycles. The van der Waals surface area contributed by atoms with Gasteiger partial charge in [-0.3, -0.25) is 4.79 Å². The van der Waals surface area contributed by atoms with E-state index in [-0.39, 0.29) is 0 Å². The van der Waals surface area contributed by atoms with E-state index in [2.05, 4.69) is 9.97 Å². The molecular weight excluding hydrogens is 228 g/mol. The van der Waals surface area contributed by atoms with Crippen LogP contribution < -0.4 is 10.9 Å². The molecule has 3 N–H and O–H groups in total. The highest BCUT2D eigenvalue weighted by Gasteiger charge is 2.11. The van der Waals surface area contributed by atoms with Crippen LogP contribution in [0.3, 0.4) is 0 Å². The highest BCUT2D eigenvalue weighted by Crippen LogP contribution is 2.28. The number of nitrogens with one attached hydrogen (secondary N) is 1. The monoisotopic (exact) mass is 240 g/mol. The molecule has 90 valence electrons. The highest BCUT2D eigenvalue weighted by atomic mass is 16.1. The maximum Gasteiger partial charge on any atom is 0.229 e. The summed E-state index contributed by atoms with van der Waals surface area (Å²) in [6.07, 6.45) is 0.544. The van der Waals surface area contributed by atoms with E-state index >= 15 is 0 Å². The lowest BCUT2D eigenvalue weighted by molar-refractivity contribution is -0.107. The number of para-hydroxylation sites is 1. The number of pyridine rings is 1. The van der Waals surface area contributed by atoms with Gasteiger partial charge in [0, 0.05) is 16.3 Å². The van der Waals surface area contributed by atoms with E-state index in [4.69, 9.17) is 5.84 Å². The first-order valence-corrected chi connectivity index (χ1v) is 5.58. The predicted molar refractivity (Wildman–Crippen MR) is 71.1 cm³/mol. The second kappa shape index (κ2) is 3.82. The number of anilines is 1. The molecule has 0 spiro atoms. The van der Waals surface area contributed by atoms with Gasteiger partial charge < -0.3 is 4.98 Å². The summed E-state index contributed by atoms with van der Waals surface area (Å²) >= 11 is 0. The van der Waals surface area contributed by atoms with Crippen molar-refractivity contribution in [2.45, 2.75) is 6.92 Å². The SMILES string of the molecule is Cc1nc(N(N)C=O)cc2c1[nH]c1ccccc12. The Morgan fingerprint density at radius 2 is 2.11 bits per heavy atom. The number of rotatable bonds is 2. The van der Waals surface area contributed by atoms with Gasteiger partial charge in [-0.2, -0.15) is 0 Å². The van der Waals surface area contributed by atoms with Crippen LogP contribution in [-0.2, 0) is 4.79 Å². The minimum atomic E-state index is 0.444. The van der Waals surface area contributed by atoms with Gasteiger partial charge in [0.25, 0.3) is 0 Å². The molecule has 0 atom stereocenters. The zero-order valence-electron chi connectivity index (χ0n) is 9.84. The Balaban J connectivity index is 2.40. The normalized spacial score (nSPS) is 11.0. The average molecular weight is 240 g/mol. The van der Waals surface area contributed by atoms with Crippen LogP contribution in [0.2, 0.25) is 0 Å². The third kappa shape index (κ3) is 1.45. The molecule has 0 unspecified atom stereocenters. The second-order valence-corrected chi connectivity index (χ2v) is 4.17. The number of carbonyl (C=O) groups excluding carboxylic acids is 1. The maximum absolute atomic E-state index is 10.7.